The molecule has 0 aromatic heterocycles. The number of carbonyl (C=O) groups is 1. The predicted octanol–water partition coefficient (Wildman–Crippen LogP) is 2.34. The van der Waals surface area contributed by atoms with E-state index >= 15 is 0 Å². The predicted molar refractivity (Wildman–Crippen MR) is 74.8 cm³/mol. The summed E-state index contributed by atoms with van der Waals surface area (Å²) in [6.07, 6.45) is 5.02. The van der Waals surface area contributed by atoms with E-state index in [-0.39, 0.29) is 17.9 Å². The summed E-state index contributed by atoms with van der Waals surface area (Å²) < 4.78 is 0. The Labute approximate surface area is 110 Å². The average molecular weight is 256 g/mol. The minimum absolute atomic E-state index is 0.111. The van der Waals surface area contributed by atoms with Gasteiger partial charge in [0.05, 0.1) is 4.99 Å². The van der Waals surface area contributed by atoms with Crippen LogP contribution in [0.15, 0.2) is 0 Å². The Hall–Kier alpha value is -0.640. The number of hydrogen-bond donors (Lipinski definition) is 1. The van der Waals surface area contributed by atoms with Gasteiger partial charge in [-0.1, -0.05) is 19.1 Å². The summed E-state index contributed by atoms with van der Waals surface area (Å²) in [5.41, 5.74) is 5.52. The Morgan fingerprint density at radius 3 is 2.41 bits per heavy atom. The third kappa shape index (κ3) is 4.26. The monoisotopic (exact) mass is 256 g/mol. The molecule has 0 aliphatic heterocycles. The van der Waals surface area contributed by atoms with Crippen molar-refractivity contribution in [2.24, 2.45) is 17.6 Å². The van der Waals surface area contributed by atoms with Gasteiger partial charge >= 0.3 is 0 Å². The second-order valence-corrected chi connectivity index (χ2v) is 5.95. The van der Waals surface area contributed by atoms with Gasteiger partial charge in [0.2, 0.25) is 5.91 Å². The van der Waals surface area contributed by atoms with Crippen molar-refractivity contribution in [1.82, 2.24) is 4.90 Å². The van der Waals surface area contributed by atoms with Crippen molar-refractivity contribution in [2.75, 3.05) is 7.05 Å². The molecule has 1 fully saturated rings. The molecule has 98 valence electrons. The Kier molecular flexibility index (Phi) is 5.37. The lowest BCUT2D eigenvalue weighted by Gasteiger charge is -2.32. The topological polar surface area (TPSA) is 46.3 Å². The third-order valence-electron chi connectivity index (χ3n) is 3.87. The van der Waals surface area contributed by atoms with Crippen LogP contribution in [0, 0.1) is 11.8 Å². The zero-order valence-electron chi connectivity index (χ0n) is 11.1. The molecule has 0 saturated heterocycles. The highest BCUT2D eigenvalue weighted by atomic mass is 32.1. The molecule has 2 N–H and O–H groups in total. The Bertz CT molecular complexity index is 285. The number of nitrogens with zero attached hydrogens (tertiary/aromatic N) is 1. The van der Waals surface area contributed by atoms with Gasteiger partial charge in [0.15, 0.2) is 0 Å². The number of hydrogen-bond acceptors (Lipinski definition) is 2. The molecule has 3 nitrogen and oxygen atoms in total. The molecule has 4 heteroatoms. The fourth-order valence-corrected chi connectivity index (χ4v) is 2.68. The first kappa shape index (κ1) is 14.4. The zero-order chi connectivity index (χ0) is 13.0. The van der Waals surface area contributed by atoms with E-state index in [9.17, 15) is 4.79 Å². The van der Waals surface area contributed by atoms with Gasteiger partial charge in [0, 0.05) is 25.4 Å². The van der Waals surface area contributed by atoms with Crippen molar-refractivity contribution in [3.63, 3.8) is 0 Å². The highest BCUT2D eigenvalue weighted by Gasteiger charge is 2.28. The van der Waals surface area contributed by atoms with E-state index in [2.05, 4.69) is 6.92 Å². The first-order valence-electron chi connectivity index (χ1n) is 6.46. The van der Waals surface area contributed by atoms with Crippen LogP contribution in [-0.2, 0) is 4.79 Å². The van der Waals surface area contributed by atoms with Crippen molar-refractivity contribution in [1.29, 1.82) is 0 Å². The lowest BCUT2D eigenvalue weighted by atomic mass is 9.82. The van der Waals surface area contributed by atoms with E-state index in [0.29, 0.717) is 11.4 Å². The molecule has 0 radical (unpaired) electrons. The van der Waals surface area contributed by atoms with Gasteiger partial charge in [0.1, 0.15) is 0 Å². The number of nitrogens with two attached hydrogens (primary N) is 1. The normalized spacial score (nSPS) is 26.3. The molecule has 0 spiro atoms. The zero-order valence-corrected chi connectivity index (χ0v) is 11.9. The van der Waals surface area contributed by atoms with E-state index in [1.807, 2.05) is 18.9 Å². The van der Waals surface area contributed by atoms with Gasteiger partial charge in [-0.3, -0.25) is 4.79 Å². The van der Waals surface area contributed by atoms with Crippen molar-refractivity contribution >= 4 is 23.1 Å². The molecule has 0 aromatic rings. The third-order valence-corrected chi connectivity index (χ3v) is 4.04. The molecule has 17 heavy (non-hydrogen) atoms. The molecule has 0 bridgehead atoms. The summed E-state index contributed by atoms with van der Waals surface area (Å²) in [4.78, 5) is 14.6. The van der Waals surface area contributed by atoms with Gasteiger partial charge in [-0.2, -0.15) is 0 Å². The van der Waals surface area contributed by atoms with Crippen LogP contribution in [0.4, 0.5) is 0 Å². The van der Waals surface area contributed by atoms with Crippen LogP contribution in [0.3, 0.4) is 0 Å². The van der Waals surface area contributed by atoms with Gasteiger partial charge in [-0.25, -0.2) is 0 Å². The smallest absolute Gasteiger partial charge is 0.225 e. The minimum atomic E-state index is 0.111. The molecule has 0 heterocycles. The van der Waals surface area contributed by atoms with E-state index in [0.717, 1.165) is 18.8 Å². The summed E-state index contributed by atoms with van der Waals surface area (Å²) in [6, 6.07) is 0.111. The maximum absolute atomic E-state index is 12.3. The van der Waals surface area contributed by atoms with Crippen LogP contribution in [0.25, 0.3) is 0 Å². The fourth-order valence-electron chi connectivity index (χ4n) is 2.44. The highest BCUT2D eigenvalue weighted by molar-refractivity contribution is 7.80. The van der Waals surface area contributed by atoms with Crippen LogP contribution in [0.2, 0.25) is 0 Å². The maximum Gasteiger partial charge on any atom is 0.225 e. The van der Waals surface area contributed by atoms with Gasteiger partial charge < -0.3 is 10.6 Å². The highest BCUT2D eigenvalue weighted by Crippen LogP contribution is 2.29. The molecular formula is C13H24N2OS. The number of amides is 1. The van der Waals surface area contributed by atoms with Crippen LogP contribution >= 0.6 is 12.2 Å². The van der Waals surface area contributed by atoms with Crippen molar-refractivity contribution in [3.8, 4) is 0 Å². The summed E-state index contributed by atoms with van der Waals surface area (Å²) in [5, 5.41) is 0. The van der Waals surface area contributed by atoms with E-state index < -0.39 is 0 Å². The number of thiocarbonyl (C=S) groups is 1. The van der Waals surface area contributed by atoms with E-state index in [1.165, 1.54) is 12.8 Å². The van der Waals surface area contributed by atoms with Gasteiger partial charge in [0.25, 0.3) is 0 Å². The first-order valence-corrected chi connectivity index (χ1v) is 6.87. The van der Waals surface area contributed by atoms with Crippen LogP contribution < -0.4 is 5.73 Å². The second-order valence-electron chi connectivity index (χ2n) is 5.43. The molecule has 1 atom stereocenters. The molecular weight excluding hydrogens is 232 g/mol. The quantitative estimate of drug-likeness (QED) is 0.785. The molecule has 0 aromatic carbocycles. The van der Waals surface area contributed by atoms with Crippen molar-refractivity contribution in [3.05, 3.63) is 0 Å². The standard InChI is InChI=1S/C13H24N2OS/c1-9-4-6-11(7-5-9)13(16)15(3)10(2)8-12(14)17/h9-11H,4-8H2,1-3H3,(H2,14,17). The summed E-state index contributed by atoms with van der Waals surface area (Å²) >= 11 is 4.89. The van der Waals surface area contributed by atoms with Crippen molar-refractivity contribution < 1.29 is 4.79 Å². The fraction of sp³-hybridized carbons (Fsp3) is 0.846. The Morgan fingerprint density at radius 2 is 1.94 bits per heavy atom. The van der Waals surface area contributed by atoms with E-state index in [1.54, 1.807) is 0 Å². The van der Waals surface area contributed by atoms with Gasteiger partial charge in [-0.15, -0.1) is 0 Å². The van der Waals surface area contributed by atoms with Crippen LogP contribution in [-0.4, -0.2) is 28.9 Å². The molecule has 1 saturated carbocycles. The minimum Gasteiger partial charge on any atom is -0.393 e. The first-order chi connectivity index (χ1) is 7.91. The maximum atomic E-state index is 12.3. The van der Waals surface area contributed by atoms with Crippen molar-refractivity contribution in [2.45, 2.75) is 52.0 Å². The van der Waals surface area contributed by atoms with Crippen LogP contribution in [0.1, 0.15) is 46.0 Å². The lowest BCUT2D eigenvalue weighted by Crippen LogP contribution is -2.41. The van der Waals surface area contributed by atoms with E-state index in [4.69, 9.17) is 18.0 Å². The van der Waals surface area contributed by atoms with Gasteiger partial charge in [-0.05, 0) is 38.5 Å². The molecule has 1 rings (SSSR count). The largest absolute Gasteiger partial charge is 0.393 e. The Morgan fingerprint density at radius 1 is 1.41 bits per heavy atom. The second kappa shape index (κ2) is 6.34. The Balaban J connectivity index is 2.48. The lowest BCUT2D eigenvalue weighted by molar-refractivity contribution is -0.137. The molecule has 1 aliphatic carbocycles. The SMILES string of the molecule is CC1CCC(C(=O)N(C)C(C)CC(N)=S)CC1. The van der Waals surface area contributed by atoms with Crippen LogP contribution in [0.5, 0.6) is 0 Å². The number of rotatable bonds is 4. The summed E-state index contributed by atoms with van der Waals surface area (Å²) in [7, 11) is 1.86. The molecule has 1 aliphatic rings. The molecule has 1 unspecified atom stereocenters. The summed E-state index contributed by atoms with van der Waals surface area (Å²) in [5.74, 6) is 1.25. The summed E-state index contributed by atoms with van der Waals surface area (Å²) in [6.45, 7) is 4.27. The average Bonchev–Trinajstić information content (AvgIpc) is 2.27. The number of carbonyl (C=O) groups excluding carboxylic acids is 1. The molecule has 1 amide bonds.